The van der Waals surface area contributed by atoms with Crippen LogP contribution in [0.5, 0.6) is 0 Å². The third kappa shape index (κ3) is 10.9. The number of halogens is 2. The highest BCUT2D eigenvalue weighted by Crippen LogP contribution is 2.24. The van der Waals surface area contributed by atoms with Gasteiger partial charge in [0.15, 0.2) is 6.04 Å². The van der Waals surface area contributed by atoms with Crippen molar-refractivity contribution in [1.82, 2.24) is 5.32 Å². The first-order chi connectivity index (χ1) is 10.8. The summed E-state index contributed by atoms with van der Waals surface area (Å²) in [6.45, 7) is 7.19. The molecular weight excluding hydrogens is 364 g/mol. The van der Waals surface area contributed by atoms with Gasteiger partial charge in [-0.2, -0.15) is 8.42 Å². The minimum Gasteiger partial charge on any atom is -0.458 e. The van der Waals surface area contributed by atoms with Gasteiger partial charge in [0.05, 0.1) is 6.26 Å². The van der Waals surface area contributed by atoms with Gasteiger partial charge in [-0.05, 0) is 41.5 Å². The van der Waals surface area contributed by atoms with Gasteiger partial charge in [-0.3, -0.25) is 4.18 Å². The van der Waals surface area contributed by atoms with Crippen molar-refractivity contribution < 1.29 is 40.4 Å². The van der Waals surface area contributed by atoms with Gasteiger partial charge < -0.3 is 14.8 Å². The van der Waals surface area contributed by atoms with Crippen molar-refractivity contribution >= 4 is 22.2 Å². The van der Waals surface area contributed by atoms with Crippen LogP contribution >= 0.6 is 0 Å². The number of hydrogen-bond donors (Lipinski definition) is 1. The predicted octanol–water partition coefficient (Wildman–Crippen LogP) is 1.83. The summed E-state index contributed by atoms with van der Waals surface area (Å²) in [4.78, 5) is 23.8. The smallest absolute Gasteiger partial charge is 0.408 e. The average molecular weight is 389 g/mol. The highest BCUT2D eigenvalue weighted by atomic mass is 32.2. The Hall–Kier alpha value is -1.49. The molecule has 0 rings (SSSR count). The summed E-state index contributed by atoms with van der Waals surface area (Å²) in [5.41, 5.74) is -2.11. The standard InChI is InChI=1S/C14H25F2NO7S/c1-12(2,3)23-10(18)9(17-11(19)24-13(4,5)6)14(15,16)8-22-25(7,20)21/h9H,8H2,1-7H3,(H,17,19). The highest BCUT2D eigenvalue weighted by molar-refractivity contribution is 7.85. The van der Waals surface area contributed by atoms with Gasteiger partial charge in [0.25, 0.3) is 10.1 Å². The summed E-state index contributed by atoms with van der Waals surface area (Å²) in [7, 11) is -4.19. The van der Waals surface area contributed by atoms with Crippen molar-refractivity contribution in [2.24, 2.45) is 0 Å². The first kappa shape index (κ1) is 23.5. The zero-order chi connectivity index (χ0) is 20.3. The molecule has 0 aromatic heterocycles. The SMILES string of the molecule is CC(C)(C)OC(=O)NC(C(=O)OC(C)(C)C)C(F)(F)COS(C)(=O)=O. The zero-order valence-corrected chi connectivity index (χ0v) is 16.1. The Morgan fingerprint density at radius 3 is 1.80 bits per heavy atom. The lowest BCUT2D eigenvalue weighted by Crippen LogP contribution is -2.57. The Kier molecular flexibility index (Phi) is 7.35. The lowest BCUT2D eigenvalue weighted by molar-refractivity contribution is -0.170. The van der Waals surface area contributed by atoms with Crippen LogP contribution in [0.25, 0.3) is 0 Å². The van der Waals surface area contributed by atoms with Crippen LogP contribution in [0.1, 0.15) is 41.5 Å². The molecule has 0 fully saturated rings. The summed E-state index contributed by atoms with van der Waals surface area (Å²) >= 11 is 0. The maximum absolute atomic E-state index is 14.3. The van der Waals surface area contributed by atoms with Gasteiger partial charge in [-0.1, -0.05) is 0 Å². The Bertz CT molecular complexity index is 591. The third-order valence-electron chi connectivity index (χ3n) is 2.19. The van der Waals surface area contributed by atoms with Crippen molar-refractivity contribution in [3.63, 3.8) is 0 Å². The van der Waals surface area contributed by atoms with Gasteiger partial charge in [0.1, 0.15) is 17.8 Å². The molecule has 0 heterocycles. The molecule has 8 nitrogen and oxygen atoms in total. The number of nitrogens with one attached hydrogen (secondary N) is 1. The Morgan fingerprint density at radius 2 is 1.44 bits per heavy atom. The number of carbonyl (C=O) groups excluding carboxylic acids is 2. The molecule has 11 heteroatoms. The van der Waals surface area contributed by atoms with E-state index in [1.807, 2.05) is 0 Å². The van der Waals surface area contributed by atoms with E-state index in [4.69, 9.17) is 9.47 Å². The molecule has 0 bridgehead atoms. The van der Waals surface area contributed by atoms with Crippen LogP contribution in [0.15, 0.2) is 0 Å². The average Bonchev–Trinajstić information content (AvgIpc) is 2.28. The van der Waals surface area contributed by atoms with Crippen molar-refractivity contribution in [1.29, 1.82) is 0 Å². The van der Waals surface area contributed by atoms with Crippen LogP contribution < -0.4 is 5.32 Å². The molecule has 1 amide bonds. The van der Waals surface area contributed by atoms with Crippen LogP contribution in [-0.4, -0.2) is 56.5 Å². The lowest BCUT2D eigenvalue weighted by Gasteiger charge is -2.30. The van der Waals surface area contributed by atoms with Crippen LogP contribution in [-0.2, 0) is 28.6 Å². The fraction of sp³-hybridized carbons (Fsp3) is 0.857. The van der Waals surface area contributed by atoms with Gasteiger partial charge in [-0.25, -0.2) is 18.4 Å². The number of alkyl halides is 2. The fourth-order valence-corrected chi connectivity index (χ4v) is 1.76. The van der Waals surface area contributed by atoms with Crippen molar-refractivity contribution in [2.45, 2.75) is 64.7 Å². The van der Waals surface area contributed by atoms with E-state index in [0.717, 1.165) is 0 Å². The molecule has 1 atom stereocenters. The number of hydrogen-bond acceptors (Lipinski definition) is 7. The molecule has 0 aliphatic heterocycles. The Morgan fingerprint density at radius 1 is 1.00 bits per heavy atom. The molecule has 148 valence electrons. The monoisotopic (exact) mass is 389 g/mol. The van der Waals surface area contributed by atoms with Gasteiger partial charge in [-0.15, -0.1) is 0 Å². The summed E-state index contributed by atoms with van der Waals surface area (Å²) in [6, 6.07) is -2.50. The molecule has 0 aliphatic carbocycles. The third-order valence-corrected chi connectivity index (χ3v) is 2.74. The quantitative estimate of drug-likeness (QED) is 0.545. The van der Waals surface area contributed by atoms with Crippen molar-refractivity contribution in [3.05, 3.63) is 0 Å². The van der Waals surface area contributed by atoms with Crippen LogP contribution in [0, 0.1) is 0 Å². The fourth-order valence-electron chi connectivity index (χ4n) is 1.39. The first-order valence-corrected chi connectivity index (χ1v) is 9.09. The maximum Gasteiger partial charge on any atom is 0.408 e. The minimum absolute atomic E-state index is 0.576. The normalized spacial score (nSPS) is 14.6. The summed E-state index contributed by atoms with van der Waals surface area (Å²) in [5.74, 6) is -5.53. The van der Waals surface area contributed by atoms with E-state index >= 15 is 0 Å². The second kappa shape index (κ2) is 7.81. The lowest BCUT2D eigenvalue weighted by atomic mass is 10.1. The zero-order valence-electron chi connectivity index (χ0n) is 15.3. The maximum atomic E-state index is 14.3. The number of alkyl carbamates (subject to hydrolysis) is 1. The second-order valence-corrected chi connectivity index (χ2v) is 8.98. The molecule has 25 heavy (non-hydrogen) atoms. The van der Waals surface area contributed by atoms with Gasteiger partial charge >= 0.3 is 18.0 Å². The number of amides is 1. The van der Waals surface area contributed by atoms with E-state index in [9.17, 15) is 26.8 Å². The molecule has 0 aromatic rings. The van der Waals surface area contributed by atoms with Crippen molar-refractivity contribution in [3.8, 4) is 0 Å². The molecule has 0 spiro atoms. The molecule has 0 saturated heterocycles. The molecule has 1 unspecified atom stereocenters. The van der Waals surface area contributed by atoms with E-state index in [-0.39, 0.29) is 0 Å². The number of rotatable bonds is 6. The van der Waals surface area contributed by atoms with E-state index in [2.05, 4.69) is 4.18 Å². The second-order valence-electron chi connectivity index (χ2n) is 7.34. The topological polar surface area (TPSA) is 108 Å². The van der Waals surface area contributed by atoms with E-state index in [0.29, 0.717) is 6.26 Å². The predicted molar refractivity (Wildman–Crippen MR) is 84.7 cm³/mol. The molecule has 0 saturated carbocycles. The Labute approximate surface area is 146 Å². The summed E-state index contributed by atoms with van der Waals surface area (Å²) < 4.78 is 64.2. The van der Waals surface area contributed by atoms with E-state index in [1.54, 1.807) is 5.32 Å². The number of esters is 1. The molecule has 0 aliphatic rings. The Balaban J connectivity index is 5.43. The summed E-state index contributed by atoms with van der Waals surface area (Å²) in [6.07, 6.45) is -0.713. The molecule has 0 aromatic carbocycles. The molecule has 1 N–H and O–H groups in total. The minimum atomic E-state index is -4.19. The molecule has 0 radical (unpaired) electrons. The van der Waals surface area contributed by atoms with Crippen LogP contribution in [0.4, 0.5) is 13.6 Å². The van der Waals surface area contributed by atoms with Gasteiger partial charge in [0.2, 0.25) is 0 Å². The highest BCUT2D eigenvalue weighted by Gasteiger charge is 2.49. The number of ether oxygens (including phenoxy) is 2. The largest absolute Gasteiger partial charge is 0.458 e. The van der Waals surface area contributed by atoms with E-state index < -0.39 is 52.0 Å². The van der Waals surface area contributed by atoms with Crippen molar-refractivity contribution in [2.75, 3.05) is 12.9 Å². The molecular formula is C14H25F2NO7S. The van der Waals surface area contributed by atoms with Gasteiger partial charge in [0, 0.05) is 0 Å². The first-order valence-electron chi connectivity index (χ1n) is 7.27. The van der Waals surface area contributed by atoms with E-state index in [1.165, 1.54) is 41.5 Å². The summed E-state index contributed by atoms with van der Waals surface area (Å²) in [5, 5.41) is 1.71. The van der Waals surface area contributed by atoms with Crippen LogP contribution in [0.2, 0.25) is 0 Å². The number of carbonyl (C=O) groups is 2. The van der Waals surface area contributed by atoms with Crippen LogP contribution in [0.3, 0.4) is 0 Å².